The van der Waals surface area contributed by atoms with Gasteiger partial charge in [-0.2, -0.15) is 4.37 Å². The maximum absolute atomic E-state index is 4.38. The van der Waals surface area contributed by atoms with Crippen molar-refractivity contribution in [3.8, 4) is 0 Å². The highest BCUT2D eigenvalue weighted by atomic mass is 32.1. The fourth-order valence-electron chi connectivity index (χ4n) is 2.20. The Morgan fingerprint density at radius 1 is 1.29 bits per heavy atom. The average Bonchev–Trinajstić information content (AvgIpc) is 2.77. The third-order valence-electron chi connectivity index (χ3n) is 3.43. The second-order valence-corrected chi connectivity index (χ2v) is 5.99. The summed E-state index contributed by atoms with van der Waals surface area (Å²) in [5, 5.41) is 2.18. The van der Waals surface area contributed by atoms with Gasteiger partial charge in [-0.25, -0.2) is 0 Å². The maximum atomic E-state index is 4.38. The number of nitrogens with zero attached hydrogens (tertiary/aromatic N) is 1. The second-order valence-electron chi connectivity index (χ2n) is 5.37. The zero-order valence-corrected chi connectivity index (χ0v) is 12.3. The summed E-state index contributed by atoms with van der Waals surface area (Å²) < 4.78 is 4.38. The zero-order chi connectivity index (χ0) is 12.7. The van der Waals surface area contributed by atoms with E-state index in [1.165, 1.54) is 44.1 Å². The van der Waals surface area contributed by atoms with E-state index in [2.05, 4.69) is 37.1 Å². The molecule has 0 saturated heterocycles. The van der Waals surface area contributed by atoms with Gasteiger partial charge < -0.3 is 0 Å². The van der Waals surface area contributed by atoms with Crippen molar-refractivity contribution in [1.82, 2.24) is 4.37 Å². The molecule has 0 N–H and O–H groups in total. The molecule has 17 heavy (non-hydrogen) atoms. The van der Waals surface area contributed by atoms with Gasteiger partial charge in [-0.1, -0.05) is 59.5 Å². The van der Waals surface area contributed by atoms with Gasteiger partial charge in [0.05, 0.1) is 5.69 Å². The van der Waals surface area contributed by atoms with Crippen LogP contribution in [-0.4, -0.2) is 4.37 Å². The van der Waals surface area contributed by atoms with Crippen LogP contribution in [0.3, 0.4) is 0 Å². The van der Waals surface area contributed by atoms with Gasteiger partial charge in [0, 0.05) is 5.38 Å². The number of unbranched alkanes of at least 4 members (excludes halogenated alkanes) is 4. The van der Waals surface area contributed by atoms with Gasteiger partial charge in [0.2, 0.25) is 0 Å². The topological polar surface area (TPSA) is 12.9 Å². The Morgan fingerprint density at radius 2 is 2.00 bits per heavy atom. The molecule has 96 valence electrons. The summed E-state index contributed by atoms with van der Waals surface area (Å²) in [6.07, 6.45) is 9.87. The van der Waals surface area contributed by atoms with Crippen molar-refractivity contribution >= 4 is 17.6 Å². The van der Waals surface area contributed by atoms with Crippen LogP contribution in [0.1, 0.15) is 70.6 Å². The van der Waals surface area contributed by atoms with Gasteiger partial charge in [0.1, 0.15) is 0 Å². The highest BCUT2D eigenvalue weighted by molar-refractivity contribution is 7.03. The molecule has 0 fully saturated rings. The molecular formula is C15H25NS. The van der Waals surface area contributed by atoms with Crippen LogP contribution in [0, 0.1) is 0 Å². The molecule has 0 saturated carbocycles. The van der Waals surface area contributed by atoms with E-state index in [9.17, 15) is 0 Å². The Morgan fingerprint density at radius 3 is 2.65 bits per heavy atom. The van der Waals surface area contributed by atoms with Gasteiger partial charge in [0.15, 0.2) is 0 Å². The first-order chi connectivity index (χ1) is 8.11. The zero-order valence-electron chi connectivity index (χ0n) is 11.5. The lowest BCUT2D eigenvalue weighted by Gasteiger charge is -2.24. The molecule has 1 aromatic rings. The summed E-state index contributed by atoms with van der Waals surface area (Å²) in [4.78, 5) is 0. The van der Waals surface area contributed by atoms with Crippen molar-refractivity contribution in [2.24, 2.45) is 0 Å². The summed E-state index contributed by atoms with van der Waals surface area (Å²) >= 11 is 1.54. The monoisotopic (exact) mass is 251 g/mol. The van der Waals surface area contributed by atoms with E-state index in [0.717, 1.165) is 5.69 Å². The Hall–Kier alpha value is -0.630. The minimum atomic E-state index is 0.239. The lowest BCUT2D eigenvalue weighted by molar-refractivity contribution is 0.444. The largest absolute Gasteiger partial charge is 0.193 e. The van der Waals surface area contributed by atoms with Crippen LogP contribution in [0.25, 0.3) is 6.08 Å². The normalized spacial score (nSPS) is 11.7. The first kappa shape index (κ1) is 14.4. The number of aromatic nitrogens is 1. The molecule has 1 heterocycles. The fraction of sp³-hybridized carbons (Fsp3) is 0.667. The van der Waals surface area contributed by atoms with E-state index in [-0.39, 0.29) is 5.41 Å². The predicted molar refractivity (Wildman–Crippen MR) is 78.6 cm³/mol. The standard InChI is InChI=1S/C15H25NS/c1-5-7-8-9-10-11-15(3,4)13-12-17-16-14(13)6-2/h6,12H,2,5,7-11H2,1,3-4H3. The van der Waals surface area contributed by atoms with E-state index < -0.39 is 0 Å². The van der Waals surface area contributed by atoms with E-state index >= 15 is 0 Å². The van der Waals surface area contributed by atoms with Crippen LogP contribution in [0.4, 0.5) is 0 Å². The van der Waals surface area contributed by atoms with E-state index in [0.29, 0.717) is 0 Å². The molecule has 0 unspecified atom stereocenters. The van der Waals surface area contributed by atoms with Crippen molar-refractivity contribution in [2.45, 2.75) is 64.7 Å². The number of rotatable bonds is 8. The number of hydrogen-bond acceptors (Lipinski definition) is 2. The van der Waals surface area contributed by atoms with Gasteiger partial charge in [-0.3, -0.25) is 0 Å². The average molecular weight is 251 g/mol. The molecule has 0 aliphatic heterocycles. The Kier molecular flexibility index (Phi) is 5.90. The highest BCUT2D eigenvalue weighted by Crippen LogP contribution is 2.33. The smallest absolute Gasteiger partial charge is 0.0799 e. The van der Waals surface area contributed by atoms with Crippen LogP contribution in [-0.2, 0) is 5.41 Å². The molecule has 0 atom stereocenters. The van der Waals surface area contributed by atoms with Crippen LogP contribution in [0.2, 0.25) is 0 Å². The summed E-state index contributed by atoms with van der Waals surface area (Å²) in [5.74, 6) is 0. The number of hydrogen-bond donors (Lipinski definition) is 0. The molecule has 0 radical (unpaired) electrons. The molecular weight excluding hydrogens is 226 g/mol. The predicted octanol–water partition coefficient (Wildman–Crippen LogP) is 5.42. The molecule has 0 aliphatic rings. The molecule has 1 nitrogen and oxygen atoms in total. The van der Waals surface area contributed by atoms with Crippen molar-refractivity contribution in [3.05, 3.63) is 23.2 Å². The van der Waals surface area contributed by atoms with E-state index in [1.54, 1.807) is 11.5 Å². The Labute approximate surface area is 110 Å². The minimum Gasteiger partial charge on any atom is -0.193 e. The molecule has 2 heteroatoms. The third-order valence-corrected chi connectivity index (χ3v) is 4.07. The van der Waals surface area contributed by atoms with Crippen molar-refractivity contribution in [1.29, 1.82) is 0 Å². The van der Waals surface area contributed by atoms with Crippen molar-refractivity contribution < 1.29 is 0 Å². The summed E-state index contributed by atoms with van der Waals surface area (Å²) in [6, 6.07) is 0. The van der Waals surface area contributed by atoms with E-state index in [4.69, 9.17) is 0 Å². The Balaban J connectivity index is 2.47. The minimum absolute atomic E-state index is 0.239. The lowest BCUT2D eigenvalue weighted by atomic mass is 9.80. The van der Waals surface area contributed by atoms with Crippen LogP contribution >= 0.6 is 11.5 Å². The molecule has 0 aromatic carbocycles. The van der Waals surface area contributed by atoms with Gasteiger partial charge in [-0.05, 0) is 35.0 Å². The highest BCUT2D eigenvalue weighted by Gasteiger charge is 2.23. The summed E-state index contributed by atoms with van der Waals surface area (Å²) in [5.41, 5.74) is 2.68. The van der Waals surface area contributed by atoms with Gasteiger partial charge >= 0.3 is 0 Å². The lowest BCUT2D eigenvalue weighted by Crippen LogP contribution is -2.17. The Bertz CT molecular complexity index is 338. The molecule has 0 aliphatic carbocycles. The van der Waals surface area contributed by atoms with E-state index in [1.807, 2.05) is 6.08 Å². The van der Waals surface area contributed by atoms with Crippen LogP contribution in [0.5, 0.6) is 0 Å². The van der Waals surface area contributed by atoms with Crippen molar-refractivity contribution in [3.63, 3.8) is 0 Å². The first-order valence-electron chi connectivity index (χ1n) is 6.69. The second kappa shape index (κ2) is 6.95. The molecule has 0 bridgehead atoms. The molecule has 0 spiro atoms. The van der Waals surface area contributed by atoms with Gasteiger partial charge in [0.25, 0.3) is 0 Å². The van der Waals surface area contributed by atoms with Gasteiger partial charge in [-0.15, -0.1) is 0 Å². The SMILES string of the molecule is C=Cc1nscc1C(C)(C)CCCCCCC. The third kappa shape index (κ3) is 4.27. The first-order valence-corrected chi connectivity index (χ1v) is 7.52. The summed E-state index contributed by atoms with van der Waals surface area (Å²) in [6.45, 7) is 10.7. The maximum Gasteiger partial charge on any atom is 0.0799 e. The summed E-state index contributed by atoms with van der Waals surface area (Å²) in [7, 11) is 0. The fourth-order valence-corrected chi connectivity index (χ4v) is 3.09. The van der Waals surface area contributed by atoms with Crippen LogP contribution in [0.15, 0.2) is 12.0 Å². The van der Waals surface area contributed by atoms with Crippen LogP contribution < -0.4 is 0 Å². The van der Waals surface area contributed by atoms with Crippen molar-refractivity contribution in [2.75, 3.05) is 0 Å². The molecule has 1 aromatic heterocycles. The quantitative estimate of drug-likeness (QED) is 0.562. The molecule has 1 rings (SSSR count). The molecule has 0 amide bonds.